The molecule has 0 saturated heterocycles. The molecule has 1 unspecified atom stereocenters. The molecule has 0 aromatic heterocycles. The lowest BCUT2D eigenvalue weighted by molar-refractivity contribution is 0.0723. The zero-order valence-electron chi connectivity index (χ0n) is 11.2. The van der Waals surface area contributed by atoms with Gasteiger partial charge in [-0.25, -0.2) is 4.39 Å². The molecule has 0 N–H and O–H groups in total. The number of halogens is 2. The SMILES string of the molecule is CC(C)CC(C)N(C)C(=O)c1cc(Br)ccc1F. The Morgan fingerprint density at radius 1 is 1.39 bits per heavy atom. The van der Waals surface area contributed by atoms with Crippen LogP contribution in [0.1, 0.15) is 37.6 Å². The Bertz CT molecular complexity index is 434. The molecule has 0 heterocycles. The van der Waals surface area contributed by atoms with Gasteiger partial charge in [-0.15, -0.1) is 0 Å². The fourth-order valence-electron chi connectivity index (χ4n) is 1.89. The van der Waals surface area contributed by atoms with Crippen molar-refractivity contribution in [2.45, 2.75) is 33.2 Å². The van der Waals surface area contributed by atoms with Crippen LogP contribution in [-0.2, 0) is 0 Å². The lowest BCUT2D eigenvalue weighted by Crippen LogP contribution is -2.36. The second kappa shape index (κ2) is 6.32. The molecule has 0 radical (unpaired) electrons. The number of carbonyl (C=O) groups is 1. The fourth-order valence-corrected chi connectivity index (χ4v) is 2.25. The Kier molecular flexibility index (Phi) is 5.32. The van der Waals surface area contributed by atoms with Crippen molar-refractivity contribution in [2.75, 3.05) is 7.05 Å². The van der Waals surface area contributed by atoms with Crippen LogP contribution in [-0.4, -0.2) is 23.9 Å². The highest BCUT2D eigenvalue weighted by molar-refractivity contribution is 9.10. The predicted molar refractivity (Wildman–Crippen MR) is 75.1 cm³/mol. The molecular weight excluding hydrogens is 297 g/mol. The second-order valence-corrected chi connectivity index (χ2v) is 5.93. The molecule has 0 spiro atoms. The molecule has 1 amide bonds. The van der Waals surface area contributed by atoms with Crippen molar-refractivity contribution < 1.29 is 9.18 Å². The Balaban J connectivity index is 2.89. The number of hydrogen-bond donors (Lipinski definition) is 0. The van der Waals surface area contributed by atoms with Gasteiger partial charge < -0.3 is 4.90 Å². The van der Waals surface area contributed by atoms with Crippen LogP contribution in [0.4, 0.5) is 4.39 Å². The highest BCUT2D eigenvalue weighted by Gasteiger charge is 2.21. The van der Waals surface area contributed by atoms with E-state index in [0.29, 0.717) is 10.4 Å². The summed E-state index contributed by atoms with van der Waals surface area (Å²) >= 11 is 3.25. The maximum Gasteiger partial charge on any atom is 0.256 e. The number of rotatable bonds is 4. The van der Waals surface area contributed by atoms with Gasteiger partial charge in [0.1, 0.15) is 5.82 Å². The molecule has 0 aliphatic heterocycles. The van der Waals surface area contributed by atoms with Crippen LogP contribution in [0.3, 0.4) is 0 Å². The normalized spacial score (nSPS) is 12.6. The molecule has 4 heteroatoms. The van der Waals surface area contributed by atoms with Crippen LogP contribution in [0.25, 0.3) is 0 Å². The molecule has 18 heavy (non-hydrogen) atoms. The van der Waals surface area contributed by atoms with Crippen LogP contribution in [0.2, 0.25) is 0 Å². The van der Waals surface area contributed by atoms with Gasteiger partial charge >= 0.3 is 0 Å². The van der Waals surface area contributed by atoms with Gasteiger partial charge in [-0.3, -0.25) is 4.79 Å². The van der Waals surface area contributed by atoms with Crippen molar-refractivity contribution in [1.29, 1.82) is 0 Å². The summed E-state index contributed by atoms with van der Waals surface area (Å²) in [6.07, 6.45) is 0.901. The monoisotopic (exact) mass is 315 g/mol. The minimum absolute atomic E-state index is 0.0934. The molecule has 0 fully saturated rings. The van der Waals surface area contributed by atoms with Crippen LogP contribution < -0.4 is 0 Å². The largest absolute Gasteiger partial charge is 0.339 e. The topological polar surface area (TPSA) is 20.3 Å². The number of carbonyl (C=O) groups excluding carboxylic acids is 1. The quantitative estimate of drug-likeness (QED) is 0.819. The number of amides is 1. The second-order valence-electron chi connectivity index (χ2n) is 5.02. The van der Waals surface area contributed by atoms with Crippen LogP contribution >= 0.6 is 15.9 Å². The van der Waals surface area contributed by atoms with E-state index >= 15 is 0 Å². The molecule has 1 aromatic rings. The molecule has 0 saturated carbocycles. The highest BCUT2D eigenvalue weighted by atomic mass is 79.9. The van der Waals surface area contributed by atoms with E-state index in [1.165, 1.54) is 12.1 Å². The fraction of sp³-hybridized carbons (Fsp3) is 0.500. The van der Waals surface area contributed by atoms with E-state index in [4.69, 9.17) is 0 Å². The first-order chi connectivity index (χ1) is 8.32. The Labute approximate surface area is 116 Å². The number of hydrogen-bond acceptors (Lipinski definition) is 1. The van der Waals surface area contributed by atoms with Crippen molar-refractivity contribution >= 4 is 21.8 Å². The molecule has 0 bridgehead atoms. The van der Waals surface area contributed by atoms with E-state index in [1.54, 1.807) is 18.0 Å². The third kappa shape index (κ3) is 3.80. The zero-order chi connectivity index (χ0) is 13.9. The molecule has 1 rings (SSSR count). The molecule has 100 valence electrons. The summed E-state index contributed by atoms with van der Waals surface area (Å²) in [6.45, 7) is 6.19. The van der Waals surface area contributed by atoms with E-state index in [2.05, 4.69) is 29.8 Å². The summed E-state index contributed by atoms with van der Waals surface area (Å²) in [4.78, 5) is 13.8. The molecule has 2 nitrogen and oxygen atoms in total. The third-order valence-electron chi connectivity index (χ3n) is 2.95. The lowest BCUT2D eigenvalue weighted by atomic mass is 10.0. The maximum absolute atomic E-state index is 13.6. The van der Waals surface area contributed by atoms with E-state index < -0.39 is 5.82 Å². The summed E-state index contributed by atoms with van der Waals surface area (Å²) in [6, 6.07) is 4.51. The van der Waals surface area contributed by atoms with Crippen molar-refractivity contribution in [3.8, 4) is 0 Å². The molecule has 0 aliphatic rings. The number of nitrogens with zero attached hydrogens (tertiary/aromatic N) is 1. The van der Waals surface area contributed by atoms with E-state index in [1.807, 2.05) is 6.92 Å². The zero-order valence-corrected chi connectivity index (χ0v) is 12.8. The Morgan fingerprint density at radius 3 is 2.56 bits per heavy atom. The lowest BCUT2D eigenvalue weighted by Gasteiger charge is -2.26. The number of benzene rings is 1. The van der Waals surface area contributed by atoms with Gasteiger partial charge in [0.2, 0.25) is 0 Å². The van der Waals surface area contributed by atoms with E-state index in [-0.39, 0.29) is 17.5 Å². The van der Waals surface area contributed by atoms with Crippen molar-refractivity contribution in [3.63, 3.8) is 0 Å². The summed E-state index contributed by atoms with van der Waals surface area (Å²) in [5.74, 6) is -0.253. The first-order valence-corrected chi connectivity index (χ1v) is 6.84. The summed E-state index contributed by atoms with van der Waals surface area (Å²) < 4.78 is 14.3. The van der Waals surface area contributed by atoms with Gasteiger partial charge in [-0.1, -0.05) is 29.8 Å². The third-order valence-corrected chi connectivity index (χ3v) is 3.45. The standard InChI is InChI=1S/C14H19BrFNO/c1-9(2)7-10(3)17(4)14(18)12-8-11(15)5-6-13(12)16/h5-6,8-10H,7H2,1-4H3. The molecule has 0 aliphatic carbocycles. The first-order valence-electron chi connectivity index (χ1n) is 6.05. The maximum atomic E-state index is 13.6. The Hall–Kier alpha value is -0.900. The van der Waals surface area contributed by atoms with Gasteiger partial charge in [-0.05, 0) is 37.5 Å². The van der Waals surface area contributed by atoms with Crippen LogP contribution in [0.5, 0.6) is 0 Å². The predicted octanol–water partition coefficient (Wildman–Crippen LogP) is 4.09. The van der Waals surface area contributed by atoms with Crippen LogP contribution in [0, 0.1) is 11.7 Å². The molecule has 1 aromatic carbocycles. The average Bonchev–Trinajstić information content (AvgIpc) is 2.29. The molecule has 1 atom stereocenters. The van der Waals surface area contributed by atoms with Gasteiger partial charge in [0.25, 0.3) is 5.91 Å². The van der Waals surface area contributed by atoms with Crippen molar-refractivity contribution in [3.05, 3.63) is 34.1 Å². The summed E-state index contributed by atoms with van der Waals surface area (Å²) in [5.41, 5.74) is 0.113. The van der Waals surface area contributed by atoms with Crippen molar-refractivity contribution in [1.82, 2.24) is 4.90 Å². The minimum atomic E-state index is -0.480. The van der Waals surface area contributed by atoms with Crippen molar-refractivity contribution in [2.24, 2.45) is 5.92 Å². The van der Waals surface area contributed by atoms with Gasteiger partial charge in [0.15, 0.2) is 0 Å². The first kappa shape index (κ1) is 15.2. The summed E-state index contributed by atoms with van der Waals surface area (Å²) in [5, 5.41) is 0. The van der Waals surface area contributed by atoms with E-state index in [9.17, 15) is 9.18 Å². The highest BCUT2D eigenvalue weighted by Crippen LogP contribution is 2.19. The summed E-state index contributed by atoms with van der Waals surface area (Å²) in [7, 11) is 1.72. The van der Waals surface area contributed by atoms with Crippen LogP contribution in [0.15, 0.2) is 22.7 Å². The van der Waals surface area contributed by atoms with Gasteiger partial charge in [-0.2, -0.15) is 0 Å². The van der Waals surface area contributed by atoms with Gasteiger partial charge in [0.05, 0.1) is 5.56 Å². The van der Waals surface area contributed by atoms with E-state index in [0.717, 1.165) is 6.42 Å². The minimum Gasteiger partial charge on any atom is -0.339 e. The Morgan fingerprint density at radius 2 is 2.00 bits per heavy atom. The average molecular weight is 316 g/mol. The van der Waals surface area contributed by atoms with Gasteiger partial charge in [0, 0.05) is 17.6 Å². The smallest absolute Gasteiger partial charge is 0.256 e. The molecular formula is C14H19BrFNO.